The number of hydrogen-bond donors (Lipinski definition) is 3. The smallest absolute Gasteiger partial charge is 0.408 e. The monoisotopic (exact) mass is 539 g/mol. The average molecular weight is 540 g/mol. The Morgan fingerprint density at radius 2 is 1.75 bits per heavy atom. The predicted molar refractivity (Wildman–Crippen MR) is 138 cm³/mol. The maximum atomic E-state index is 13.4. The first-order chi connectivity index (χ1) is 19.3. The van der Waals surface area contributed by atoms with Crippen LogP contribution in [0.1, 0.15) is 26.5 Å². The number of hydrogen-bond acceptors (Lipinski definition) is 7. The highest BCUT2D eigenvalue weighted by Gasteiger charge is 3.10. The molecule has 1 aromatic carbocycles. The maximum absolute atomic E-state index is 13.4. The number of rotatable bonds is 7. The summed E-state index contributed by atoms with van der Waals surface area (Å²) in [6.07, 6.45) is 1.54. The zero-order valence-electron chi connectivity index (χ0n) is 21.7. The lowest BCUT2D eigenvalue weighted by molar-refractivity contribution is -0.639. The van der Waals surface area contributed by atoms with Gasteiger partial charge in [0, 0.05) is 39.3 Å². The topological polar surface area (TPSA) is 153 Å². The van der Waals surface area contributed by atoms with Crippen molar-refractivity contribution in [1.29, 1.82) is 0 Å². The van der Waals surface area contributed by atoms with Gasteiger partial charge in [-0.1, -0.05) is 6.07 Å². The predicted octanol–water partition coefficient (Wildman–Crippen LogP) is 0.318. The molecule has 6 fully saturated rings. The number of oxazole rings is 1. The van der Waals surface area contributed by atoms with Gasteiger partial charge in [0.25, 0.3) is 11.8 Å². The Morgan fingerprint density at radius 3 is 2.48 bits per heavy atom. The third-order valence-corrected chi connectivity index (χ3v) is 11.1. The van der Waals surface area contributed by atoms with Crippen LogP contribution in [0, 0.1) is 46.3 Å². The second kappa shape index (κ2) is 6.80. The molecule has 12 heteroatoms. The summed E-state index contributed by atoms with van der Waals surface area (Å²) in [7, 11) is 3.35. The van der Waals surface area contributed by atoms with Crippen LogP contribution in [0.2, 0.25) is 0 Å². The van der Waals surface area contributed by atoms with Crippen molar-refractivity contribution < 1.29 is 18.8 Å². The van der Waals surface area contributed by atoms with Crippen LogP contribution in [-0.4, -0.2) is 50.5 Å². The Balaban J connectivity index is 0.913. The van der Waals surface area contributed by atoms with Gasteiger partial charge in [-0.15, -0.1) is 0 Å². The second-order valence-corrected chi connectivity index (χ2v) is 12.0. The van der Waals surface area contributed by atoms with Crippen molar-refractivity contribution in [1.82, 2.24) is 35.1 Å². The Morgan fingerprint density at radius 1 is 1.00 bits per heavy atom. The molecule has 3 aromatic heterocycles. The standard InChI is InChI=1S/C28H25N7O5/c1-29-25(38)28-20-17-21(28)19-22(28)18(20)27(17,19)10-31-24(37)14-8-12(33-16-5-6-32-35(14)16)23(36)30-9-11-3-4-15-13(7-11)34(2)26(39)40-15/h3-8,17-22H,9-10H2,1-2H3,(H,29,38)(H,30,36)(H,31,37). The molecule has 0 radical (unpaired) electrons. The summed E-state index contributed by atoms with van der Waals surface area (Å²) in [6, 6.07) is 8.37. The number of aryl methyl sites for hydroxylation is 1. The van der Waals surface area contributed by atoms with E-state index < -0.39 is 11.7 Å². The molecule has 10 rings (SSSR count). The Bertz CT molecular complexity index is 1860. The number of carbonyl (C=O) groups is 3. The summed E-state index contributed by atoms with van der Waals surface area (Å²) in [4.78, 5) is 55.1. The molecule has 3 heterocycles. The Kier molecular flexibility index (Phi) is 3.80. The number of nitrogens with one attached hydrogen (secondary N) is 3. The van der Waals surface area contributed by atoms with E-state index in [1.165, 1.54) is 15.1 Å². The minimum Gasteiger partial charge on any atom is -0.408 e. The average Bonchev–Trinajstić information content (AvgIpc) is 3.57. The highest BCUT2D eigenvalue weighted by molar-refractivity contribution is 5.98. The van der Waals surface area contributed by atoms with E-state index in [2.05, 4.69) is 26.0 Å². The minimum absolute atomic E-state index is 0.0873. The van der Waals surface area contributed by atoms with E-state index in [0.717, 1.165) is 5.56 Å². The fourth-order valence-corrected chi connectivity index (χ4v) is 9.85. The SMILES string of the molecule is CNC(=O)C12C3C4C1C1C2C3C41CNC(=O)c1cc(C(=O)NCc2ccc3oc(=O)n(C)c3c2)nc2ccnn12. The molecule has 6 saturated carbocycles. The highest BCUT2D eigenvalue weighted by atomic mass is 16.4. The van der Waals surface area contributed by atoms with Crippen molar-refractivity contribution in [2.75, 3.05) is 13.6 Å². The van der Waals surface area contributed by atoms with Crippen LogP contribution in [-0.2, 0) is 18.4 Å². The van der Waals surface area contributed by atoms with Crippen molar-refractivity contribution >= 4 is 34.5 Å². The van der Waals surface area contributed by atoms with Gasteiger partial charge in [0.2, 0.25) is 5.91 Å². The molecule has 12 nitrogen and oxygen atoms in total. The fourth-order valence-electron chi connectivity index (χ4n) is 9.85. The van der Waals surface area contributed by atoms with E-state index in [1.54, 1.807) is 44.6 Å². The quantitative estimate of drug-likeness (QED) is 0.306. The number of carbonyl (C=O) groups excluding carboxylic acids is 3. The Hall–Kier alpha value is -4.48. The van der Waals surface area contributed by atoms with Crippen molar-refractivity contribution in [3.8, 4) is 0 Å². The van der Waals surface area contributed by atoms with E-state index in [9.17, 15) is 19.2 Å². The van der Waals surface area contributed by atoms with Gasteiger partial charge in [0.1, 0.15) is 11.4 Å². The summed E-state index contributed by atoms with van der Waals surface area (Å²) in [5.41, 5.74) is 2.71. The molecule has 3 amide bonds. The van der Waals surface area contributed by atoms with Crippen molar-refractivity contribution in [2.24, 2.45) is 53.4 Å². The van der Waals surface area contributed by atoms with Gasteiger partial charge >= 0.3 is 5.76 Å². The molecule has 40 heavy (non-hydrogen) atoms. The first-order valence-electron chi connectivity index (χ1n) is 13.6. The molecule has 6 aliphatic carbocycles. The van der Waals surface area contributed by atoms with Crippen LogP contribution in [0.5, 0.6) is 0 Å². The lowest BCUT2D eigenvalue weighted by atomic mass is 8.92. The van der Waals surface area contributed by atoms with Crippen molar-refractivity contribution in [3.63, 3.8) is 0 Å². The lowest BCUT2D eigenvalue weighted by Gasteiger charge is -3.10. The van der Waals surface area contributed by atoms with Gasteiger partial charge in [0.15, 0.2) is 11.2 Å². The molecular weight excluding hydrogens is 514 g/mol. The van der Waals surface area contributed by atoms with Gasteiger partial charge in [0.05, 0.1) is 17.1 Å². The normalized spacial score (nSPS) is 34.5. The number of amides is 3. The molecule has 6 aliphatic rings. The van der Waals surface area contributed by atoms with Crippen LogP contribution in [0.15, 0.2) is 45.7 Å². The fraction of sp³-hybridized carbons (Fsp3) is 0.429. The van der Waals surface area contributed by atoms with E-state index in [4.69, 9.17) is 4.42 Å². The van der Waals surface area contributed by atoms with Gasteiger partial charge < -0.3 is 20.4 Å². The first kappa shape index (κ1) is 22.3. The molecule has 0 unspecified atom stereocenters. The van der Waals surface area contributed by atoms with E-state index in [0.29, 0.717) is 58.8 Å². The lowest BCUT2D eigenvalue weighted by Crippen LogP contribution is -3.12. The number of benzene rings is 1. The molecule has 4 aromatic rings. The summed E-state index contributed by atoms with van der Waals surface area (Å²) >= 11 is 0. The van der Waals surface area contributed by atoms with Gasteiger partial charge in [-0.05, 0) is 58.6 Å². The van der Waals surface area contributed by atoms with Crippen LogP contribution in [0.3, 0.4) is 0 Å². The van der Waals surface area contributed by atoms with Crippen LogP contribution >= 0.6 is 0 Å². The third-order valence-electron chi connectivity index (χ3n) is 11.1. The molecule has 0 bridgehead atoms. The summed E-state index contributed by atoms with van der Waals surface area (Å²) < 4.78 is 8.01. The molecule has 0 saturated heterocycles. The van der Waals surface area contributed by atoms with Crippen LogP contribution < -0.4 is 21.7 Å². The molecule has 0 spiro atoms. The molecule has 0 atom stereocenters. The molecule has 0 aliphatic heterocycles. The third kappa shape index (κ3) is 2.11. The van der Waals surface area contributed by atoms with Crippen molar-refractivity contribution in [2.45, 2.75) is 6.54 Å². The van der Waals surface area contributed by atoms with Crippen molar-refractivity contribution in [3.05, 3.63) is 64.0 Å². The van der Waals surface area contributed by atoms with Gasteiger partial charge in [-0.3, -0.25) is 19.0 Å². The zero-order valence-corrected chi connectivity index (χ0v) is 21.7. The van der Waals surface area contributed by atoms with Crippen LogP contribution in [0.25, 0.3) is 16.7 Å². The Labute approximate surface area is 226 Å². The van der Waals surface area contributed by atoms with Gasteiger partial charge in [-0.2, -0.15) is 5.10 Å². The first-order valence-corrected chi connectivity index (χ1v) is 13.6. The zero-order chi connectivity index (χ0) is 27.3. The van der Waals surface area contributed by atoms with Crippen LogP contribution in [0.4, 0.5) is 0 Å². The second-order valence-electron chi connectivity index (χ2n) is 12.0. The summed E-state index contributed by atoms with van der Waals surface area (Å²) in [5, 5.41) is 13.1. The molecule has 202 valence electrons. The summed E-state index contributed by atoms with van der Waals surface area (Å²) in [5.74, 6) is 2.18. The summed E-state index contributed by atoms with van der Waals surface area (Å²) in [6.45, 7) is 0.792. The van der Waals surface area contributed by atoms with E-state index >= 15 is 0 Å². The molecule has 3 N–H and O–H groups in total. The number of aromatic nitrogens is 4. The van der Waals surface area contributed by atoms with E-state index in [1.807, 2.05) is 0 Å². The van der Waals surface area contributed by atoms with E-state index in [-0.39, 0.29) is 40.6 Å². The molecular formula is C28H25N7O5. The largest absolute Gasteiger partial charge is 0.419 e. The minimum atomic E-state index is -0.451. The number of fused-ring (bicyclic) bond motifs is 2. The highest BCUT2D eigenvalue weighted by Crippen LogP contribution is 3.10. The van der Waals surface area contributed by atoms with Gasteiger partial charge in [-0.25, -0.2) is 14.3 Å². The number of nitrogens with zero attached hydrogens (tertiary/aromatic N) is 4. The maximum Gasteiger partial charge on any atom is 0.419 e.